The molecular weight excluding hydrogens is 214 g/mol. The molecule has 0 aromatic heterocycles. The number of amides is 1. The number of carbonyl (C=O) groups is 1. The van der Waals surface area contributed by atoms with Gasteiger partial charge in [0.25, 0.3) is 0 Å². The molecule has 0 radical (unpaired) electrons. The molecule has 1 saturated heterocycles. The smallest absolute Gasteiger partial charge is 0.236 e. The molecule has 0 saturated carbocycles. The zero-order valence-electron chi connectivity index (χ0n) is 11.5. The number of nitrogens with one attached hydrogen (secondary N) is 1. The minimum atomic E-state index is 0.257. The van der Waals surface area contributed by atoms with Crippen LogP contribution >= 0.6 is 0 Å². The summed E-state index contributed by atoms with van der Waals surface area (Å²) < 4.78 is 0. The Morgan fingerprint density at radius 1 is 1.41 bits per heavy atom. The number of nitrogens with zero attached hydrogens (tertiary/aromatic N) is 2. The Bertz CT molecular complexity index is 225. The van der Waals surface area contributed by atoms with Gasteiger partial charge in [0.1, 0.15) is 0 Å². The van der Waals surface area contributed by atoms with Crippen LogP contribution in [0, 0.1) is 5.92 Å². The predicted molar refractivity (Wildman–Crippen MR) is 71.0 cm³/mol. The Hall–Kier alpha value is -0.610. The van der Waals surface area contributed by atoms with E-state index in [2.05, 4.69) is 24.1 Å². The predicted octanol–water partition coefficient (Wildman–Crippen LogP) is 0.786. The summed E-state index contributed by atoms with van der Waals surface area (Å²) in [5, 5.41) is 3.35. The average molecular weight is 241 g/mol. The summed E-state index contributed by atoms with van der Waals surface area (Å²) in [4.78, 5) is 16.2. The molecule has 4 heteroatoms. The van der Waals surface area contributed by atoms with E-state index in [4.69, 9.17) is 0 Å². The first-order valence-corrected chi connectivity index (χ1v) is 6.80. The molecule has 1 rings (SSSR count). The van der Waals surface area contributed by atoms with Gasteiger partial charge in [-0.1, -0.05) is 20.3 Å². The number of hydrogen-bond donors (Lipinski definition) is 1. The van der Waals surface area contributed by atoms with Gasteiger partial charge in [-0.25, -0.2) is 0 Å². The third-order valence-electron chi connectivity index (χ3n) is 3.50. The minimum Gasteiger partial charge on any atom is -0.344 e. The molecule has 1 atom stereocenters. The van der Waals surface area contributed by atoms with Crippen molar-refractivity contribution in [2.45, 2.75) is 26.7 Å². The van der Waals surface area contributed by atoms with Gasteiger partial charge in [0.2, 0.25) is 5.91 Å². The van der Waals surface area contributed by atoms with Crippen LogP contribution in [0.2, 0.25) is 0 Å². The first-order valence-electron chi connectivity index (χ1n) is 6.80. The highest BCUT2D eigenvalue weighted by Gasteiger charge is 2.16. The molecule has 0 bridgehead atoms. The Morgan fingerprint density at radius 3 is 2.88 bits per heavy atom. The van der Waals surface area contributed by atoms with Crippen LogP contribution in [-0.4, -0.2) is 62.0 Å². The highest BCUT2D eigenvalue weighted by Crippen LogP contribution is 2.04. The monoisotopic (exact) mass is 241 g/mol. The molecule has 1 aliphatic rings. The van der Waals surface area contributed by atoms with Gasteiger partial charge in [0.05, 0.1) is 6.54 Å². The van der Waals surface area contributed by atoms with Crippen molar-refractivity contribution >= 4 is 5.91 Å². The summed E-state index contributed by atoms with van der Waals surface area (Å²) in [7, 11) is 1.92. The highest BCUT2D eigenvalue weighted by molar-refractivity contribution is 5.78. The maximum absolute atomic E-state index is 12.0. The summed E-state index contributed by atoms with van der Waals surface area (Å²) in [5.41, 5.74) is 0. The Kier molecular flexibility index (Phi) is 6.52. The Labute approximate surface area is 105 Å². The second-order valence-electron chi connectivity index (χ2n) is 5.17. The van der Waals surface area contributed by atoms with E-state index in [1.54, 1.807) is 0 Å². The average Bonchev–Trinajstić information content (AvgIpc) is 2.57. The van der Waals surface area contributed by atoms with E-state index >= 15 is 0 Å². The first-order chi connectivity index (χ1) is 8.13. The maximum Gasteiger partial charge on any atom is 0.236 e. The lowest BCUT2D eigenvalue weighted by molar-refractivity contribution is -0.131. The zero-order chi connectivity index (χ0) is 12.7. The fraction of sp³-hybridized carbons (Fsp3) is 0.923. The van der Waals surface area contributed by atoms with Crippen molar-refractivity contribution in [1.82, 2.24) is 15.1 Å². The van der Waals surface area contributed by atoms with E-state index < -0.39 is 0 Å². The second-order valence-corrected chi connectivity index (χ2v) is 5.17. The van der Waals surface area contributed by atoms with Gasteiger partial charge in [0.15, 0.2) is 0 Å². The molecule has 1 heterocycles. The molecule has 17 heavy (non-hydrogen) atoms. The van der Waals surface area contributed by atoms with Gasteiger partial charge < -0.3 is 10.2 Å². The van der Waals surface area contributed by atoms with Crippen molar-refractivity contribution in [1.29, 1.82) is 0 Å². The largest absolute Gasteiger partial charge is 0.344 e. The van der Waals surface area contributed by atoms with Crippen LogP contribution in [-0.2, 0) is 4.79 Å². The van der Waals surface area contributed by atoms with Gasteiger partial charge in [-0.3, -0.25) is 9.69 Å². The lowest BCUT2D eigenvalue weighted by Gasteiger charge is -2.25. The van der Waals surface area contributed by atoms with Gasteiger partial charge >= 0.3 is 0 Å². The summed E-state index contributed by atoms with van der Waals surface area (Å²) >= 11 is 0. The zero-order valence-corrected chi connectivity index (χ0v) is 11.5. The molecule has 0 spiro atoms. The number of hydrogen-bond acceptors (Lipinski definition) is 3. The molecule has 4 nitrogen and oxygen atoms in total. The molecule has 1 N–H and O–H groups in total. The van der Waals surface area contributed by atoms with E-state index in [0.717, 1.165) is 45.6 Å². The number of carbonyl (C=O) groups excluding carboxylic acids is 1. The number of likely N-dealkylation sites (N-methyl/N-ethyl adjacent to an activating group) is 1. The summed E-state index contributed by atoms with van der Waals surface area (Å²) in [6, 6.07) is 0. The van der Waals surface area contributed by atoms with Crippen molar-refractivity contribution < 1.29 is 4.79 Å². The molecule has 100 valence electrons. The van der Waals surface area contributed by atoms with E-state index in [-0.39, 0.29) is 5.91 Å². The SMILES string of the molecule is CCC(C)CN(C)C(=O)CN1CCCNCC1. The summed E-state index contributed by atoms with van der Waals surface area (Å²) in [6.45, 7) is 9.92. The van der Waals surface area contributed by atoms with Crippen molar-refractivity contribution in [2.24, 2.45) is 5.92 Å². The van der Waals surface area contributed by atoms with Crippen LogP contribution in [0.1, 0.15) is 26.7 Å². The molecule has 1 amide bonds. The van der Waals surface area contributed by atoms with Gasteiger partial charge in [0, 0.05) is 26.7 Å². The topological polar surface area (TPSA) is 35.6 Å². The fourth-order valence-corrected chi connectivity index (χ4v) is 2.07. The van der Waals surface area contributed by atoms with Gasteiger partial charge in [-0.15, -0.1) is 0 Å². The minimum absolute atomic E-state index is 0.257. The van der Waals surface area contributed by atoms with Crippen LogP contribution in [0.3, 0.4) is 0 Å². The molecule has 1 aliphatic heterocycles. The van der Waals surface area contributed by atoms with Crippen LogP contribution in [0.15, 0.2) is 0 Å². The van der Waals surface area contributed by atoms with Crippen LogP contribution < -0.4 is 5.32 Å². The van der Waals surface area contributed by atoms with Crippen LogP contribution in [0.25, 0.3) is 0 Å². The normalized spacial score (nSPS) is 19.7. The molecule has 0 aliphatic carbocycles. The third kappa shape index (κ3) is 5.50. The van der Waals surface area contributed by atoms with Crippen LogP contribution in [0.4, 0.5) is 0 Å². The highest BCUT2D eigenvalue weighted by atomic mass is 16.2. The van der Waals surface area contributed by atoms with Gasteiger partial charge in [-0.2, -0.15) is 0 Å². The summed E-state index contributed by atoms with van der Waals surface area (Å²) in [6.07, 6.45) is 2.27. The van der Waals surface area contributed by atoms with Crippen molar-refractivity contribution in [3.63, 3.8) is 0 Å². The Morgan fingerprint density at radius 2 is 2.18 bits per heavy atom. The molecule has 1 fully saturated rings. The van der Waals surface area contributed by atoms with E-state index in [0.29, 0.717) is 12.5 Å². The first kappa shape index (κ1) is 14.5. The fourth-order valence-electron chi connectivity index (χ4n) is 2.07. The quantitative estimate of drug-likeness (QED) is 0.773. The van der Waals surface area contributed by atoms with Crippen molar-refractivity contribution in [2.75, 3.05) is 46.3 Å². The lowest BCUT2D eigenvalue weighted by Crippen LogP contribution is -2.41. The third-order valence-corrected chi connectivity index (χ3v) is 3.50. The lowest BCUT2D eigenvalue weighted by atomic mass is 10.1. The van der Waals surface area contributed by atoms with E-state index in [9.17, 15) is 4.79 Å². The molecule has 1 unspecified atom stereocenters. The molecule has 0 aromatic rings. The van der Waals surface area contributed by atoms with Crippen molar-refractivity contribution in [3.05, 3.63) is 0 Å². The maximum atomic E-state index is 12.0. The summed E-state index contributed by atoms with van der Waals surface area (Å²) in [5.74, 6) is 0.849. The number of rotatable bonds is 5. The van der Waals surface area contributed by atoms with Crippen LogP contribution in [0.5, 0.6) is 0 Å². The van der Waals surface area contributed by atoms with Gasteiger partial charge in [-0.05, 0) is 25.4 Å². The standard InChI is InChI=1S/C13H27N3O/c1-4-12(2)10-15(3)13(17)11-16-8-5-6-14-7-9-16/h12,14H,4-11H2,1-3H3. The Balaban J connectivity index is 2.31. The molecule has 0 aromatic carbocycles. The van der Waals surface area contributed by atoms with E-state index in [1.807, 2.05) is 11.9 Å². The second kappa shape index (κ2) is 7.67. The molecular formula is C13H27N3O. The van der Waals surface area contributed by atoms with Crippen molar-refractivity contribution in [3.8, 4) is 0 Å². The van der Waals surface area contributed by atoms with E-state index in [1.165, 1.54) is 0 Å².